The molecule has 1 saturated heterocycles. The van der Waals surface area contributed by atoms with Gasteiger partial charge in [0.05, 0.1) is 12.1 Å². The summed E-state index contributed by atoms with van der Waals surface area (Å²) in [6, 6.07) is 7.78. The molecule has 0 spiro atoms. The summed E-state index contributed by atoms with van der Waals surface area (Å²) in [4.78, 5) is 6.56. The second-order valence-corrected chi connectivity index (χ2v) is 5.36. The topological polar surface area (TPSA) is 77.4 Å². The molecule has 0 saturated carbocycles. The van der Waals surface area contributed by atoms with Crippen molar-refractivity contribution in [2.24, 2.45) is 5.73 Å². The van der Waals surface area contributed by atoms with Crippen LogP contribution in [0.15, 0.2) is 28.8 Å². The van der Waals surface area contributed by atoms with Gasteiger partial charge in [0.2, 0.25) is 11.7 Å². The van der Waals surface area contributed by atoms with Gasteiger partial charge in [-0.3, -0.25) is 0 Å². The quantitative estimate of drug-likeness (QED) is 0.922. The first-order valence-electron chi connectivity index (χ1n) is 7.23. The van der Waals surface area contributed by atoms with E-state index in [1.165, 1.54) is 0 Å². The number of likely N-dealkylation sites (N-methyl/N-ethyl adjacent to an activating group) is 1. The third-order valence-corrected chi connectivity index (χ3v) is 3.65. The van der Waals surface area contributed by atoms with Gasteiger partial charge in [-0.1, -0.05) is 17.3 Å². The van der Waals surface area contributed by atoms with Crippen molar-refractivity contribution in [3.8, 4) is 17.1 Å². The molecule has 6 nitrogen and oxygen atoms in total. The van der Waals surface area contributed by atoms with Gasteiger partial charge in [0.25, 0.3) is 0 Å². The standard InChI is InChI=1S/C15H20N4O2/c1-19-8-4-5-11(10-19)20-13-7-3-2-6-12(13)15-17-14(9-16)21-18-15/h2-3,6-7,11H,4-5,8-10,16H2,1H3. The Hall–Kier alpha value is -1.92. The summed E-state index contributed by atoms with van der Waals surface area (Å²) in [6.45, 7) is 2.31. The highest BCUT2D eigenvalue weighted by atomic mass is 16.5. The van der Waals surface area contributed by atoms with Crippen LogP contribution in [0.1, 0.15) is 18.7 Å². The molecule has 21 heavy (non-hydrogen) atoms. The molecular formula is C15H20N4O2. The lowest BCUT2D eigenvalue weighted by Crippen LogP contribution is -2.38. The minimum Gasteiger partial charge on any atom is -0.488 e. The van der Waals surface area contributed by atoms with Gasteiger partial charge in [-0.05, 0) is 38.6 Å². The van der Waals surface area contributed by atoms with Crippen LogP contribution in [0.5, 0.6) is 5.75 Å². The zero-order chi connectivity index (χ0) is 14.7. The minimum atomic E-state index is 0.200. The van der Waals surface area contributed by atoms with Crippen LogP contribution in [0.3, 0.4) is 0 Å². The number of benzene rings is 1. The summed E-state index contributed by atoms with van der Waals surface area (Å²) in [5.41, 5.74) is 6.35. The zero-order valence-electron chi connectivity index (χ0n) is 12.2. The average molecular weight is 288 g/mol. The van der Waals surface area contributed by atoms with E-state index in [2.05, 4.69) is 22.1 Å². The van der Waals surface area contributed by atoms with Crippen molar-refractivity contribution in [2.45, 2.75) is 25.5 Å². The van der Waals surface area contributed by atoms with Crippen LogP contribution in [-0.4, -0.2) is 41.3 Å². The molecule has 1 aromatic heterocycles. The molecular weight excluding hydrogens is 268 g/mol. The van der Waals surface area contributed by atoms with Crippen molar-refractivity contribution in [2.75, 3.05) is 20.1 Å². The van der Waals surface area contributed by atoms with Crippen LogP contribution in [-0.2, 0) is 6.54 Å². The van der Waals surface area contributed by atoms with Gasteiger partial charge in [0.1, 0.15) is 11.9 Å². The molecule has 1 aliphatic heterocycles. The Morgan fingerprint density at radius 2 is 2.29 bits per heavy atom. The van der Waals surface area contributed by atoms with Crippen molar-refractivity contribution in [3.63, 3.8) is 0 Å². The maximum absolute atomic E-state index is 6.16. The molecule has 0 amide bonds. The lowest BCUT2D eigenvalue weighted by molar-refractivity contribution is 0.105. The number of para-hydroxylation sites is 1. The number of piperidine rings is 1. The number of ether oxygens (including phenoxy) is 1. The van der Waals surface area contributed by atoms with E-state index in [0.29, 0.717) is 11.7 Å². The first-order valence-corrected chi connectivity index (χ1v) is 7.23. The largest absolute Gasteiger partial charge is 0.488 e. The summed E-state index contributed by atoms with van der Waals surface area (Å²) < 4.78 is 11.2. The van der Waals surface area contributed by atoms with Crippen LogP contribution < -0.4 is 10.5 Å². The first-order chi connectivity index (χ1) is 10.3. The molecule has 1 aliphatic rings. The van der Waals surface area contributed by atoms with Crippen molar-refractivity contribution in [1.29, 1.82) is 0 Å². The van der Waals surface area contributed by atoms with Gasteiger partial charge in [-0.2, -0.15) is 4.98 Å². The Labute approximate surface area is 123 Å². The third-order valence-electron chi connectivity index (χ3n) is 3.65. The smallest absolute Gasteiger partial charge is 0.240 e. The molecule has 0 radical (unpaired) electrons. The van der Waals surface area contributed by atoms with E-state index in [1.807, 2.05) is 24.3 Å². The minimum absolute atomic E-state index is 0.200. The fourth-order valence-corrected chi connectivity index (χ4v) is 2.60. The molecule has 1 unspecified atom stereocenters. The molecule has 6 heteroatoms. The monoisotopic (exact) mass is 288 g/mol. The highest BCUT2D eigenvalue weighted by molar-refractivity contribution is 5.63. The van der Waals surface area contributed by atoms with Gasteiger partial charge >= 0.3 is 0 Å². The van der Waals surface area contributed by atoms with Crippen LogP contribution in [0.2, 0.25) is 0 Å². The molecule has 1 fully saturated rings. The van der Waals surface area contributed by atoms with Gasteiger partial charge in [0.15, 0.2) is 0 Å². The van der Waals surface area contributed by atoms with E-state index < -0.39 is 0 Å². The van der Waals surface area contributed by atoms with Crippen LogP contribution in [0.4, 0.5) is 0 Å². The molecule has 0 bridgehead atoms. The molecule has 2 aromatic rings. The lowest BCUT2D eigenvalue weighted by Gasteiger charge is -2.30. The third kappa shape index (κ3) is 3.22. The van der Waals surface area contributed by atoms with Crippen LogP contribution in [0.25, 0.3) is 11.4 Å². The molecule has 112 valence electrons. The number of nitrogens with two attached hydrogens (primary N) is 1. The highest BCUT2D eigenvalue weighted by Gasteiger charge is 2.21. The normalized spacial score (nSPS) is 19.6. The predicted octanol–water partition coefficient (Wildman–Crippen LogP) is 1.67. The fraction of sp³-hybridized carbons (Fsp3) is 0.467. The van der Waals surface area contributed by atoms with Crippen LogP contribution in [0, 0.1) is 0 Å². The molecule has 0 aliphatic carbocycles. The molecule has 1 aromatic carbocycles. The van der Waals surface area contributed by atoms with Crippen molar-refractivity contribution >= 4 is 0 Å². The van der Waals surface area contributed by atoms with E-state index >= 15 is 0 Å². The Bertz CT molecular complexity index is 599. The highest BCUT2D eigenvalue weighted by Crippen LogP contribution is 2.29. The van der Waals surface area contributed by atoms with Crippen molar-refractivity contribution < 1.29 is 9.26 Å². The fourth-order valence-electron chi connectivity index (χ4n) is 2.60. The Balaban J connectivity index is 1.82. The summed E-state index contributed by atoms with van der Waals surface area (Å²) in [6.07, 6.45) is 2.42. The molecule has 1 atom stereocenters. The van der Waals surface area contributed by atoms with Crippen molar-refractivity contribution in [1.82, 2.24) is 15.0 Å². The second kappa shape index (κ2) is 6.24. The maximum atomic E-state index is 6.16. The molecule has 2 heterocycles. The van der Waals surface area contributed by atoms with Gasteiger partial charge in [0, 0.05) is 6.54 Å². The first kappa shape index (κ1) is 14.0. The summed E-state index contributed by atoms with van der Waals surface area (Å²) in [7, 11) is 2.12. The number of hydrogen-bond donors (Lipinski definition) is 1. The zero-order valence-corrected chi connectivity index (χ0v) is 12.2. The SMILES string of the molecule is CN1CCCC(Oc2ccccc2-c2noc(CN)n2)C1. The van der Waals surface area contributed by atoms with E-state index in [4.69, 9.17) is 15.0 Å². The number of aromatic nitrogens is 2. The van der Waals surface area contributed by atoms with E-state index in [0.717, 1.165) is 37.2 Å². The number of likely N-dealkylation sites (tertiary alicyclic amines) is 1. The van der Waals surface area contributed by atoms with E-state index in [1.54, 1.807) is 0 Å². The maximum Gasteiger partial charge on any atom is 0.240 e. The average Bonchev–Trinajstić information content (AvgIpc) is 2.97. The second-order valence-electron chi connectivity index (χ2n) is 5.36. The molecule has 2 N–H and O–H groups in total. The Morgan fingerprint density at radius 3 is 3.05 bits per heavy atom. The predicted molar refractivity (Wildman–Crippen MR) is 78.8 cm³/mol. The number of nitrogens with zero attached hydrogens (tertiary/aromatic N) is 3. The summed E-state index contributed by atoms with van der Waals surface area (Å²) in [5.74, 6) is 1.74. The van der Waals surface area contributed by atoms with Crippen LogP contribution >= 0.6 is 0 Å². The van der Waals surface area contributed by atoms with Gasteiger partial charge in [-0.25, -0.2) is 0 Å². The summed E-state index contributed by atoms with van der Waals surface area (Å²) in [5, 5.41) is 3.97. The van der Waals surface area contributed by atoms with Gasteiger partial charge in [-0.15, -0.1) is 0 Å². The van der Waals surface area contributed by atoms with E-state index in [9.17, 15) is 0 Å². The van der Waals surface area contributed by atoms with Gasteiger partial charge < -0.3 is 19.9 Å². The summed E-state index contributed by atoms with van der Waals surface area (Å²) >= 11 is 0. The Kier molecular flexibility index (Phi) is 4.17. The van der Waals surface area contributed by atoms with E-state index in [-0.39, 0.29) is 12.6 Å². The molecule has 3 rings (SSSR count). The Morgan fingerprint density at radius 1 is 1.43 bits per heavy atom. The number of hydrogen-bond acceptors (Lipinski definition) is 6. The number of rotatable bonds is 4. The van der Waals surface area contributed by atoms with Crippen molar-refractivity contribution in [3.05, 3.63) is 30.2 Å². The lowest BCUT2D eigenvalue weighted by atomic mass is 10.1.